The van der Waals surface area contributed by atoms with Crippen molar-refractivity contribution in [2.45, 2.75) is 12.8 Å². The van der Waals surface area contributed by atoms with E-state index in [0.717, 1.165) is 24.0 Å². The number of hydrogen-bond acceptors (Lipinski definition) is 1. The van der Waals surface area contributed by atoms with Gasteiger partial charge in [0.15, 0.2) is 0 Å². The molecule has 1 aromatic carbocycles. The Morgan fingerprint density at radius 2 is 2.07 bits per heavy atom. The van der Waals surface area contributed by atoms with Gasteiger partial charge >= 0.3 is 0 Å². The molecule has 0 amide bonds. The average molecular weight is 188 g/mol. The van der Waals surface area contributed by atoms with E-state index in [9.17, 15) is 0 Å². The molecule has 0 atom stereocenters. The number of aliphatic hydroxyl groups is 1. The van der Waals surface area contributed by atoms with Crippen LogP contribution in [-0.2, 0) is 6.42 Å². The third-order valence-electron chi connectivity index (χ3n) is 2.21. The lowest BCUT2D eigenvalue weighted by Gasteiger charge is -2.08. The summed E-state index contributed by atoms with van der Waals surface area (Å²) in [6.07, 6.45) is 3.44. The van der Waals surface area contributed by atoms with Crippen molar-refractivity contribution in [3.63, 3.8) is 0 Å². The maximum atomic E-state index is 8.77. The topological polar surface area (TPSA) is 20.2 Å². The summed E-state index contributed by atoms with van der Waals surface area (Å²) >= 11 is 0. The Bertz CT molecular complexity index is 326. The normalized spacial score (nSPS) is 9.79. The SMILES string of the molecule is C=CC(=C)c1ccccc1CCCO. The highest BCUT2D eigenvalue weighted by Crippen LogP contribution is 2.19. The van der Waals surface area contributed by atoms with Gasteiger partial charge in [0.25, 0.3) is 0 Å². The molecular weight excluding hydrogens is 172 g/mol. The second kappa shape index (κ2) is 5.40. The van der Waals surface area contributed by atoms with E-state index in [1.165, 1.54) is 5.56 Å². The van der Waals surface area contributed by atoms with Gasteiger partial charge in [-0.1, -0.05) is 43.5 Å². The molecular formula is C13H16O. The summed E-state index contributed by atoms with van der Waals surface area (Å²) in [6.45, 7) is 7.87. The second-order valence-corrected chi connectivity index (χ2v) is 3.21. The molecule has 14 heavy (non-hydrogen) atoms. The number of rotatable bonds is 5. The Kier molecular flexibility index (Phi) is 4.14. The van der Waals surface area contributed by atoms with E-state index in [1.807, 2.05) is 18.2 Å². The maximum absolute atomic E-state index is 8.77. The molecule has 1 nitrogen and oxygen atoms in total. The smallest absolute Gasteiger partial charge is 0.0434 e. The lowest BCUT2D eigenvalue weighted by Crippen LogP contribution is -1.94. The third kappa shape index (κ3) is 2.57. The first-order chi connectivity index (χ1) is 6.79. The Morgan fingerprint density at radius 1 is 1.36 bits per heavy atom. The first-order valence-electron chi connectivity index (χ1n) is 4.80. The van der Waals surface area contributed by atoms with Crippen LogP contribution in [-0.4, -0.2) is 11.7 Å². The van der Waals surface area contributed by atoms with Crippen LogP contribution in [0.5, 0.6) is 0 Å². The monoisotopic (exact) mass is 188 g/mol. The molecule has 0 unspecified atom stereocenters. The minimum Gasteiger partial charge on any atom is -0.396 e. The van der Waals surface area contributed by atoms with Gasteiger partial charge in [-0.25, -0.2) is 0 Å². The fourth-order valence-corrected chi connectivity index (χ4v) is 1.43. The molecule has 1 heteroatoms. The van der Waals surface area contributed by atoms with E-state index < -0.39 is 0 Å². The Hall–Kier alpha value is -1.34. The number of aliphatic hydroxyl groups excluding tert-OH is 1. The van der Waals surface area contributed by atoms with Gasteiger partial charge in [0, 0.05) is 6.61 Å². The maximum Gasteiger partial charge on any atom is 0.0434 e. The molecule has 74 valence electrons. The highest BCUT2D eigenvalue weighted by atomic mass is 16.2. The second-order valence-electron chi connectivity index (χ2n) is 3.21. The standard InChI is InChI=1S/C13H16O/c1-3-11(2)13-9-5-4-7-12(13)8-6-10-14/h3-5,7,9,14H,1-2,6,8,10H2. The van der Waals surface area contributed by atoms with Gasteiger partial charge in [0.1, 0.15) is 0 Å². The highest BCUT2D eigenvalue weighted by molar-refractivity contribution is 5.73. The lowest BCUT2D eigenvalue weighted by molar-refractivity contribution is 0.288. The van der Waals surface area contributed by atoms with E-state index in [-0.39, 0.29) is 6.61 Å². The predicted molar refractivity (Wildman–Crippen MR) is 61.1 cm³/mol. The molecule has 0 spiro atoms. The minimum absolute atomic E-state index is 0.231. The van der Waals surface area contributed by atoms with E-state index in [2.05, 4.69) is 19.2 Å². The zero-order chi connectivity index (χ0) is 10.4. The van der Waals surface area contributed by atoms with E-state index in [1.54, 1.807) is 6.08 Å². The first-order valence-corrected chi connectivity index (χ1v) is 4.80. The van der Waals surface area contributed by atoms with Crippen LogP contribution in [0.2, 0.25) is 0 Å². The summed E-state index contributed by atoms with van der Waals surface area (Å²) < 4.78 is 0. The van der Waals surface area contributed by atoms with Crippen LogP contribution in [0.25, 0.3) is 5.57 Å². The Morgan fingerprint density at radius 3 is 2.71 bits per heavy atom. The molecule has 0 fully saturated rings. The number of benzene rings is 1. The van der Waals surface area contributed by atoms with Gasteiger partial charge < -0.3 is 5.11 Å². The van der Waals surface area contributed by atoms with E-state index in [0.29, 0.717) is 0 Å². The number of aryl methyl sites for hydroxylation is 1. The summed E-state index contributed by atoms with van der Waals surface area (Å²) in [7, 11) is 0. The van der Waals surface area contributed by atoms with E-state index >= 15 is 0 Å². The molecule has 0 saturated heterocycles. The van der Waals surface area contributed by atoms with Gasteiger partial charge in [-0.15, -0.1) is 0 Å². The predicted octanol–water partition coefficient (Wildman–Crippen LogP) is 2.81. The molecule has 0 saturated carbocycles. The highest BCUT2D eigenvalue weighted by Gasteiger charge is 2.01. The van der Waals surface area contributed by atoms with Crippen molar-refractivity contribution in [3.05, 3.63) is 54.6 Å². The Balaban J connectivity index is 2.90. The van der Waals surface area contributed by atoms with Crippen molar-refractivity contribution < 1.29 is 5.11 Å². The number of allylic oxidation sites excluding steroid dienone is 2. The quantitative estimate of drug-likeness (QED) is 0.704. The van der Waals surface area contributed by atoms with Crippen molar-refractivity contribution >= 4 is 5.57 Å². The fraction of sp³-hybridized carbons (Fsp3) is 0.231. The van der Waals surface area contributed by atoms with Crippen molar-refractivity contribution in [1.29, 1.82) is 0 Å². The molecule has 1 aromatic rings. The minimum atomic E-state index is 0.231. The molecule has 0 aliphatic rings. The zero-order valence-corrected chi connectivity index (χ0v) is 8.37. The van der Waals surface area contributed by atoms with Crippen LogP contribution in [0.15, 0.2) is 43.5 Å². The molecule has 0 radical (unpaired) electrons. The van der Waals surface area contributed by atoms with Gasteiger partial charge in [0.2, 0.25) is 0 Å². The van der Waals surface area contributed by atoms with Crippen LogP contribution in [0.3, 0.4) is 0 Å². The summed E-state index contributed by atoms with van der Waals surface area (Å²) in [5, 5.41) is 8.77. The van der Waals surface area contributed by atoms with Gasteiger partial charge in [-0.05, 0) is 29.5 Å². The summed E-state index contributed by atoms with van der Waals surface area (Å²) in [5.74, 6) is 0. The van der Waals surface area contributed by atoms with Crippen LogP contribution < -0.4 is 0 Å². The third-order valence-corrected chi connectivity index (χ3v) is 2.21. The molecule has 1 rings (SSSR count). The fourth-order valence-electron chi connectivity index (χ4n) is 1.43. The molecule has 1 N–H and O–H groups in total. The van der Waals surface area contributed by atoms with Crippen molar-refractivity contribution in [2.75, 3.05) is 6.61 Å². The molecule has 0 aliphatic heterocycles. The van der Waals surface area contributed by atoms with E-state index in [4.69, 9.17) is 5.11 Å². The molecule has 0 aromatic heterocycles. The Labute approximate surface area is 85.4 Å². The van der Waals surface area contributed by atoms with Crippen LogP contribution in [0.1, 0.15) is 17.5 Å². The summed E-state index contributed by atoms with van der Waals surface area (Å²) in [6, 6.07) is 8.11. The van der Waals surface area contributed by atoms with Gasteiger partial charge in [-0.3, -0.25) is 0 Å². The van der Waals surface area contributed by atoms with Gasteiger partial charge in [0.05, 0.1) is 0 Å². The number of hydrogen-bond donors (Lipinski definition) is 1. The molecule has 0 aliphatic carbocycles. The average Bonchev–Trinajstić information content (AvgIpc) is 2.25. The van der Waals surface area contributed by atoms with Crippen molar-refractivity contribution in [3.8, 4) is 0 Å². The first kappa shape index (κ1) is 10.7. The molecule has 0 bridgehead atoms. The zero-order valence-electron chi connectivity index (χ0n) is 8.37. The summed E-state index contributed by atoms with van der Waals surface area (Å²) in [4.78, 5) is 0. The van der Waals surface area contributed by atoms with Crippen molar-refractivity contribution in [1.82, 2.24) is 0 Å². The van der Waals surface area contributed by atoms with Crippen LogP contribution >= 0.6 is 0 Å². The van der Waals surface area contributed by atoms with Gasteiger partial charge in [-0.2, -0.15) is 0 Å². The van der Waals surface area contributed by atoms with Crippen molar-refractivity contribution in [2.24, 2.45) is 0 Å². The largest absolute Gasteiger partial charge is 0.396 e. The lowest BCUT2D eigenvalue weighted by atomic mass is 9.98. The molecule has 0 heterocycles. The van der Waals surface area contributed by atoms with Crippen LogP contribution in [0.4, 0.5) is 0 Å². The summed E-state index contributed by atoms with van der Waals surface area (Å²) in [5.41, 5.74) is 3.31. The van der Waals surface area contributed by atoms with Crippen LogP contribution in [0, 0.1) is 0 Å².